The van der Waals surface area contributed by atoms with Crippen LogP contribution in [0.1, 0.15) is 16.1 Å². The van der Waals surface area contributed by atoms with Gasteiger partial charge in [0.25, 0.3) is 0 Å². The number of carbonyl (C=O) groups is 1. The van der Waals surface area contributed by atoms with E-state index < -0.39 is 5.97 Å². The van der Waals surface area contributed by atoms with Gasteiger partial charge in [-0.1, -0.05) is 0 Å². The van der Waals surface area contributed by atoms with Gasteiger partial charge in [-0.2, -0.15) is 0 Å². The molecule has 0 aliphatic carbocycles. The molecule has 2 N–H and O–H groups in total. The van der Waals surface area contributed by atoms with E-state index in [1.54, 1.807) is 20.3 Å². The number of carboxylic acids is 1. The summed E-state index contributed by atoms with van der Waals surface area (Å²) in [6.45, 7) is 0.399. The van der Waals surface area contributed by atoms with Crippen molar-refractivity contribution in [2.24, 2.45) is 0 Å². The third-order valence-electron chi connectivity index (χ3n) is 2.81. The minimum atomic E-state index is -1.09. The van der Waals surface area contributed by atoms with E-state index in [1.165, 1.54) is 12.3 Å². The summed E-state index contributed by atoms with van der Waals surface area (Å²) in [6.07, 6.45) is 1.39. The van der Waals surface area contributed by atoms with Crippen molar-refractivity contribution in [3.8, 4) is 11.5 Å². The number of hydrogen-bond acceptors (Lipinski definition) is 6. The minimum absolute atomic E-state index is 0.0609. The predicted octanol–water partition coefficient (Wildman–Crippen LogP) is 1.80. The summed E-state index contributed by atoms with van der Waals surface area (Å²) >= 11 is 0. The molecular weight excluding hydrogens is 274 g/mol. The molecule has 0 aliphatic rings. The van der Waals surface area contributed by atoms with Gasteiger partial charge in [-0.05, 0) is 18.2 Å². The molecule has 0 aliphatic heterocycles. The number of rotatable bonds is 6. The van der Waals surface area contributed by atoms with Crippen molar-refractivity contribution in [1.82, 2.24) is 9.97 Å². The minimum Gasteiger partial charge on any atom is -0.497 e. The Labute approximate surface area is 121 Å². The Hall–Kier alpha value is -2.83. The van der Waals surface area contributed by atoms with Crippen LogP contribution in [0.15, 0.2) is 30.5 Å². The molecule has 0 spiro atoms. The van der Waals surface area contributed by atoms with Crippen LogP contribution >= 0.6 is 0 Å². The second-order valence-electron chi connectivity index (χ2n) is 4.10. The number of nitrogens with one attached hydrogen (secondary N) is 1. The number of carboxylic acid groups (broad SMARTS) is 1. The number of aromatic carboxylic acids is 1. The van der Waals surface area contributed by atoms with Gasteiger partial charge in [0.15, 0.2) is 5.69 Å². The highest BCUT2D eigenvalue weighted by Gasteiger charge is 2.08. The number of aromatic nitrogens is 2. The number of ether oxygens (including phenoxy) is 2. The summed E-state index contributed by atoms with van der Waals surface area (Å²) in [5.74, 6) is 0.506. The summed E-state index contributed by atoms with van der Waals surface area (Å²) in [5, 5.41) is 11.8. The first kappa shape index (κ1) is 14.6. The van der Waals surface area contributed by atoms with E-state index in [0.29, 0.717) is 18.0 Å². The van der Waals surface area contributed by atoms with E-state index in [0.717, 1.165) is 5.56 Å². The summed E-state index contributed by atoms with van der Waals surface area (Å²) in [7, 11) is 3.15. The van der Waals surface area contributed by atoms with E-state index in [4.69, 9.17) is 14.6 Å². The zero-order valence-corrected chi connectivity index (χ0v) is 11.7. The number of methoxy groups -OCH3 is 2. The van der Waals surface area contributed by atoms with Crippen molar-refractivity contribution in [2.75, 3.05) is 19.5 Å². The highest BCUT2D eigenvalue weighted by molar-refractivity contribution is 5.85. The van der Waals surface area contributed by atoms with Crippen molar-refractivity contribution in [3.63, 3.8) is 0 Å². The topological polar surface area (TPSA) is 93.6 Å². The maximum Gasteiger partial charge on any atom is 0.354 e. The molecule has 0 atom stereocenters. The Kier molecular flexibility index (Phi) is 4.55. The van der Waals surface area contributed by atoms with Crippen molar-refractivity contribution >= 4 is 11.9 Å². The fourth-order valence-corrected chi connectivity index (χ4v) is 1.74. The Morgan fingerprint density at radius 1 is 1.29 bits per heavy atom. The molecule has 2 aromatic rings. The molecule has 0 saturated heterocycles. The quantitative estimate of drug-likeness (QED) is 0.837. The van der Waals surface area contributed by atoms with Crippen LogP contribution in [0.4, 0.5) is 5.95 Å². The van der Waals surface area contributed by atoms with E-state index in [2.05, 4.69) is 15.3 Å². The first-order valence-corrected chi connectivity index (χ1v) is 6.15. The van der Waals surface area contributed by atoms with E-state index in [-0.39, 0.29) is 11.6 Å². The Morgan fingerprint density at radius 2 is 2.10 bits per heavy atom. The monoisotopic (exact) mass is 289 g/mol. The van der Waals surface area contributed by atoms with Gasteiger partial charge < -0.3 is 19.9 Å². The zero-order chi connectivity index (χ0) is 15.2. The number of anilines is 1. The lowest BCUT2D eigenvalue weighted by molar-refractivity contribution is 0.0690. The first-order valence-electron chi connectivity index (χ1n) is 6.15. The van der Waals surface area contributed by atoms with Crippen LogP contribution in [-0.2, 0) is 6.54 Å². The Bertz CT molecular complexity index is 646. The molecule has 0 bridgehead atoms. The van der Waals surface area contributed by atoms with E-state index >= 15 is 0 Å². The van der Waals surface area contributed by atoms with Crippen molar-refractivity contribution in [1.29, 1.82) is 0 Å². The molecule has 0 fully saturated rings. The standard InChI is InChI=1S/C14H15N3O4/c1-20-10-4-3-9(12(7-10)21-2)8-16-14-15-6-5-11(17-14)13(18)19/h3-7H,8H2,1-2H3,(H,18,19)(H,15,16,17). The van der Waals surface area contributed by atoms with Crippen molar-refractivity contribution in [2.45, 2.75) is 6.54 Å². The van der Waals surface area contributed by atoms with Gasteiger partial charge in [0.05, 0.1) is 14.2 Å². The molecule has 0 unspecified atom stereocenters. The molecule has 0 radical (unpaired) electrons. The average Bonchev–Trinajstić information content (AvgIpc) is 2.53. The second-order valence-corrected chi connectivity index (χ2v) is 4.10. The van der Waals surface area contributed by atoms with Gasteiger partial charge in [0.1, 0.15) is 11.5 Å². The number of nitrogens with zero attached hydrogens (tertiary/aromatic N) is 2. The molecule has 1 aromatic heterocycles. The van der Waals surface area contributed by atoms with Gasteiger partial charge in [-0.3, -0.25) is 0 Å². The van der Waals surface area contributed by atoms with Crippen LogP contribution in [0.2, 0.25) is 0 Å². The van der Waals surface area contributed by atoms with Crippen molar-refractivity contribution in [3.05, 3.63) is 41.7 Å². The third-order valence-corrected chi connectivity index (χ3v) is 2.81. The summed E-state index contributed by atoms with van der Waals surface area (Å²) in [4.78, 5) is 18.7. The molecule has 0 saturated carbocycles. The predicted molar refractivity (Wildman–Crippen MR) is 75.9 cm³/mol. The fraction of sp³-hybridized carbons (Fsp3) is 0.214. The molecule has 7 heteroatoms. The molecule has 0 amide bonds. The average molecular weight is 289 g/mol. The molecule has 2 rings (SSSR count). The second kappa shape index (κ2) is 6.56. The smallest absolute Gasteiger partial charge is 0.354 e. The molecule has 1 aromatic carbocycles. The highest BCUT2D eigenvalue weighted by Crippen LogP contribution is 2.24. The lowest BCUT2D eigenvalue weighted by Gasteiger charge is -2.11. The molecule has 1 heterocycles. The van der Waals surface area contributed by atoms with Crippen LogP contribution in [-0.4, -0.2) is 35.3 Å². The molecule has 7 nitrogen and oxygen atoms in total. The van der Waals surface area contributed by atoms with Gasteiger partial charge in [-0.15, -0.1) is 0 Å². The maximum atomic E-state index is 10.8. The number of benzene rings is 1. The third kappa shape index (κ3) is 3.59. The summed E-state index contributed by atoms with van der Waals surface area (Å²) in [6, 6.07) is 6.77. The largest absolute Gasteiger partial charge is 0.497 e. The van der Waals surface area contributed by atoms with Gasteiger partial charge >= 0.3 is 5.97 Å². The van der Waals surface area contributed by atoms with Crippen LogP contribution in [0.5, 0.6) is 11.5 Å². The lowest BCUT2D eigenvalue weighted by atomic mass is 10.2. The highest BCUT2D eigenvalue weighted by atomic mass is 16.5. The van der Waals surface area contributed by atoms with Crippen LogP contribution in [0, 0.1) is 0 Å². The van der Waals surface area contributed by atoms with Gasteiger partial charge in [-0.25, -0.2) is 14.8 Å². The summed E-state index contributed by atoms with van der Waals surface area (Å²) in [5.41, 5.74) is 0.817. The number of hydrogen-bond donors (Lipinski definition) is 2. The molecule has 110 valence electrons. The van der Waals surface area contributed by atoms with Crippen molar-refractivity contribution < 1.29 is 19.4 Å². The fourth-order valence-electron chi connectivity index (χ4n) is 1.74. The van der Waals surface area contributed by atoms with Gasteiger partial charge in [0.2, 0.25) is 5.95 Å². The maximum absolute atomic E-state index is 10.8. The SMILES string of the molecule is COc1ccc(CNc2nccc(C(=O)O)n2)c(OC)c1. The zero-order valence-electron chi connectivity index (χ0n) is 11.7. The van der Waals surface area contributed by atoms with Gasteiger partial charge in [0, 0.05) is 24.4 Å². The molecular formula is C14H15N3O4. The van der Waals surface area contributed by atoms with Crippen LogP contribution in [0.25, 0.3) is 0 Å². The van der Waals surface area contributed by atoms with Crippen LogP contribution in [0.3, 0.4) is 0 Å². The van der Waals surface area contributed by atoms with E-state index in [9.17, 15) is 4.79 Å². The first-order chi connectivity index (χ1) is 10.1. The Morgan fingerprint density at radius 3 is 2.76 bits per heavy atom. The Balaban J connectivity index is 2.12. The molecule has 21 heavy (non-hydrogen) atoms. The van der Waals surface area contributed by atoms with Crippen LogP contribution < -0.4 is 14.8 Å². The normalized spacial score (nSPS) is 10.0. The lowest BCUT2D eigenvalue weighted by Crippen LogP contribution is -2.08. The summed E-state index contributed by atoms with van der Waals surface area (Å²) < 4.78 is 10.4. The van der Waals surface area contributed by atoms with E-state index in [1.807, 2.05) is 12.1 Å².